The number of halogens is 1. The highest BCUT2D eigenvalue weighted by Gasteiger charge is 2.28. The molecule has 0 aliphatic rings. The van der Waals surface area contributed by atoms with Gasteiger partial charge in [0.1, 0.15) is 6.61 Å². The maximum atomic E-state index is 11.7. The molecule has 1 aromatic carbocycles. The molecule has 1 aromatic rings. The number of aliphatic carboxylic acids is 1. The predicted octanol–water partition coefficient (Wildman–Crippen LogP) is 3.13. The second kappa shape index (κ2) is 7.14. The first kappa shape index (κ1) is 15.5. The summed E-state index contributed by atoms with van der Waals surface area (Å²) >= 11 is 5.74. The summed E-state index contributed by atoms with van der Waals surface area (Å²) in [6, 6.07) is 6.84. The molecule has 0 aliphatic carbocycles. The van der Waals surface area contributed by atoms with Crippen molar-refractivity contribution in [3.8, 4) is 0 Å². The molecule has 0 aromatic heterocycles. The third kappa shape index (κ3) is 5.30. The predicted molar refractivity (Wildman–Crippen MR) is 71.8 cm³/mol. The van der Waals surface area contributed by atoms with Crippen LogP contribution in [0.3, 0.4) is 0 Å². The summed E-state index contributed by atoms with van der Waals surface area (Å²) in [5.74, 6) is -2.83. The van der Waals surface area contributed by atoms with E-state index < -0.39 is 17.9 Å². The Kier molecular flexibility index (Phi) is 5.83. The maximum Gasteiger partial charge on any atom is 0.320 e. The number of benzene rings is 1. The molecule has 19 heavy (non-hydrogen) atoms. The maximum absolute atomic E-state index is 11.7. The number of esters is 1. The van der Waals surface area contributed by atoms with Crippen LogP contribution in [0.2, 0.25) is 5.02 Å². The molecule has 0 bridgehead atoms. The highest BCUT2D eigenvalue weighted by molar-refractivity contribution is 6.30. The van der Waals surface area contributed by atoms with Gasteiger partial charge in [0.05, 0.1) is 0 Å². The Morgan fingerprint density at radius 1 is 1.26 bits per heavy atom. The van der Waals surface area contributed by atoms with Crippen LogP contribution in [0.25, 0.3) is 0 Å². The van der Waals surface area contributed by atoms with Crippen LogP contribution in [0.5, 0.6) is 0 Å². The molecular weight excluding hydrogens is 268 g/mol. The van der Waals surface area contributed by atoms with E-state index in [1.54, 1.807) is 24.3 Å². The highest BCUT2D eigenvalue weighted by atomic mass is 35.5. The summed E-state index contributed by atoms with van der Waals surface area (Å²) in [5, 5.41) is 9.60. The van der Waals surface area contributed by atoms with Gasteiger partial charge in [0.15, 0.2) is 5.92 Å². The molecule has 0 radical (unpaired) electrons. The molecule has 1 unspecified atom stereocenters. The third-order valence-corrected chi connectivity index (χ3v) is 2.84. The number of hydrogen-bond donors (Lipinski definition) is 1. The number of hydrogen-bond acceptors (Lipinski definition) is 3. The van der Waals surface area contributed by atoms with Gasteiger partial charge in [-0.15, -0.1) is 0 Å². The van der Waals surface area contributed by atoms with Crippen molar-refractivity contribution in [2.75, 3.05) is 0 Å². The van der Waals surface area contributed by atoms with Crippen LogP contribution in [-0.2, 0) is 20.9 Å². The lowest BCUT2D eigenvalue weighted by Gasteiger charge is -2.14. The van der Waals surface area contributed by atoms with Gasteiger partial charge in [-0.05, 0) is 30.0 Å². The van der Waals surface area contributed by atoms with Gasteiger partial charge < -0.3 is 9.84 Å². The van der Waals surface area contributed by atoms with Crippen LogP contribution in [0, 0.1) is 11.8 Å². The first-order valence-electron chi connectivity index (χ1n) is 6.04. The normalized spacial score (nSPS) is 12.2. The van der Waals surface area contributed by atoms with Crippen LogP contribution in [0.15, 0.2) is 24.3 Å². The Bertz CT molecular complexity index is 439. The number of ether oxygens (including phenoxy) is 1. The lowest BCUT2D eigenvalue weighted by molar-refractivity contribution is -0.160. The standard InChI is InChI=1S/C14H17ClO4/c1-9(2)7-12(13(16)17)14(18)19-8-10-3-5-11(15)6-4-10/h3-6,9,12H,7-8H2,1-2H3,(H,16,17). The molecule has 0 heterocycles. The smallest absolute Gasteiger partial charge is 0.320 e. The lowest BCUT2D eigenvalue weighted by Crippen LogP contribution is -2.27. The van der Waals surface area contributed by atoms with Crippen molar-refractivity contribution in [1.82, 2.24) is 0 Å². The van der Waals surface area contributed by atoms with E-state index in [1.165, 1.54) is 0 Å². The zero-order valence-electron chi connectivity index (χ0n) is 10.9. The van der Waals surface area contributed by atoms with Gasteiger partial charge >= 0.3 is 11.9 Å². The molecule has 0 spiro atoms. The summed E-state index contributed by atoms with van der Waals surface area (Å²) in [6.07, 6.45) is 0.273. The summed E-state index contributed by atoms with van der Waals surface area (Å²) in [7, 11) is 0. The van der Waals surface area contributed by atoms with E-state index in [1.807, 2.05) is 13.8 Å². The van der Waals surface area contributed by atoms with Crippen LogP contribution in [-0.4, -0.2) is 17.0 Å². The Balaban J connectivity index is 2.57. The van der Waals surface area contributed by atoms with E-state index in [9.17, 15) is 9.59 Å². The Morgan fingerprint density at radius 2 is 1.84 bits per heavy atom. The minimum absolute atomic E-state index is 0.0534. The molecule has 0 aliphatic heterocycles. The molecule has 0 saturated carbocycles. The molecule has 5 heteroatoms. The summed E-state index contributed by atoms with van der Waals surface area (Å²) in [4.78, 5) is 22.7. The molecule has 4 nitrogen and oxygen atoms in total. The Morgan fingerprint density at radius 3 is 2.32 bits per heavy atom. The van der Waals surface area contributed by atoms with Gasteiger partial charge in [-0.2, -0.15) is 0 Å². The van der Waals surface area contributed by atoms with Crippen LogP contribution in [0.4, 0.5) is 0 Å². The minimum atomic E-state index is -1.14. The summed E-state index contributed by atoms with van der Waals surface area (Å²) in [6.45, 7) is 3.78. The molecule has 104 valence electrons. The topological polar surface area (TPSA) is 63.6 Å². The van der Waals surface area contributed by atoms with Gasteiger partial charge in [0.25, 0.3) is 0 Å². The van der Waals surface area contributed by atoms with E-state index in [0.717, 1.165) is 5.56 Å². The molecule has 1 N–H and O–H groups in total. The quantitative estimate of drug-likeness (QED) is 0.644. The molecule has 1 rings (SSSR count). The molecule has 1 atom stereocenters. The van der Waals surface area contributed by atoms with E-state index in [4.69, 9.17) is 21.4 Å². The monoisotopic (exact) mass is 284 g/mol. The first-order valence-corrected chi connectivity index (χ1v) is 6.42. The fraction of sp³-hybridized carbons (Fsp3) is 0.429. The fourth-order valence-electron chi connectivity index (χ4n) is 1.60. The largest absolute Gasteiger partial charge is 0.481 e. The van der Waals surface area contributed by atoms with Crippen molar-refractivity contribution in [2.24, 2.45) is 11.8 Å². The SMILES string of the molecule is CC(C)CC(C(=O)O)C(=O)OCc1ccc(Cl)cc1. The van der Waals surface area contributed by atoms with Crippen molar-refractivity contribution in [3.63, 3.8) is 0 Å². The Hall–Kier alpha value is -1.55. The van der Waals surface area contributed by atoms with Crippen molar-refractivity contribution < 1.29 is 19.4 Å². The molecule has 0 amide bonds. The van der Waals surface area contributed by atoms with Gasteiger partial charge in [-0.1, -0.05) is 37.6 Å². The van der Waals surface area contributed by atoms with Crippen LogP contribution >= 0.6 is 11.6 Å². The number of carboxylic acid groups (broad SMARTS) is 1. The van der Waals surface area contributed by atoms with Gasteiger partial charge in [-0.25, -0.2) is 0 Å². The summed E-state index contributed by atoms with van der Waals surface area (Å²) in [5.41, 5.74) is 0.770. The van der Waals surface area contributed by atoms with Crippen LogP contribution < -0.4 is 0 Å². The average molecular weight is 285 g/mol. The first-order chi connectivity index (χ1) is 8.90. The molecule has 0 fully saturated rings. The van der Waals surface area contributed by atoms with E-state index in [-0.39, 0.29) is 18.9 Å². The minimum Gasteiger partial charge on any atom is -0.481 e. The number of rotatable bonds is 6. The zero-order valence-corrected chi connectivity index (χ0v) is 11.7. The lowest BCUT2D eigenvalue weighted by atomic mass is 9.97. The molecular formula is C14H17ClO4. The van der Waals surface area contributed by atoms with Crippen LogP contribution in [0.1, 0.15) is 25.8 Å². The van der Waals surface area contributed by atoms with Crippen molar-refractivity contribution >= 4 is 23.5 Å². The van der Waals surface area contributed by atoms with Gasteiger partial charge in [-0.3, -0.25) is 9.59 Å². The number of carbonyl (C=O) groups excluding carboxylic acids is 1. The second-order valence-electron chi connectivity index (χ2n) is 4.75. The average Bonchev–Trinajstić information content (AvgIpc) is 2.34. The highest BCUT2D eigenvalue weighted by Crippen LogP contribution is 2.16. The van der Waals surface area contributed by atoms with Gasteiger partial charge in [0, 0.05) is 5.02 Å². The number of carboxylic acids is 1. The summed E-state index contributed by atoms with van der Waals surface area (Å²) < 4.78 is 5.03. The number of carbonyl (C=O) groups is 2. The second-order valence-corrected chi connectivity index (χ2v) is 5.19. The van der Waals surface area contributed by atoms with E-state index in [0.29, 0.717) is 5.02 Å². The van der Waals surface area contributed by atoms with Crippen molar-refractivity contribution in [3.05, 3.63) is 34.9 Å². The molecule has 0 saturated heterocycles. The fourth-order valence-corrected chi connectivity index (χ4v) is 1.73. The van der Waals surface area contributed by atoms with E-state index in [2.05, 4.69) is 0 Å². The van der Waals surface area contributed by atoms with E-state index >= 15 is 0 Å². The zero-order chi connectivity index (χ0) is 14.4. The third-order valence-electron chi connectivity index (χ3n) is 2.58. The van der Waals surface area contributed by atoms with Gasteiger partial charge in [0.2, 0.25) is 0 Å². The van der Waals surface area contributed by atoms with Crippen molar-refractivity contribution in [1.29, 1.82) is 0 Å². The van der Waals surface area contributed by atoms with Crippen molar-refractivity contribution in [2.45, 2.75) is 26.9 Å². The Labute approximate surface area is 117 Å².